The van der Waals surface area contributed by atoms with Crippen molar-refractivity contribution in [3.8, 4) is 11.9 Å². The lowest BCUT2D eigenvalue weighted by atomic mass is 10.0. The van der Waals surface area contributed by atoms with Crippen molar-refractivity contribution in [3.05, 3.63) is 24.2 Å². The second-order valence-corrected chi connectivity index (χ2v) is 9.33. The van der Waals surface area contributed by atoms with Crippen LogP contribution in [-0.4, -0.2) is 73.8 Å². The third-order valence-electron chi connectivity index (χ3n) is 6.79. The first-order valence-electron chi connectivity index (χ1n) is 11.3. The van der Waals surface area contributed by atoms with E-state index in [9.17, 15) is 9.65 Å². The number of nitrogens with one attached hydrogen (secondary N) is 2. The van der Waals surface area contributed by atoms with Crippen molar-refractivity contribution < 1.29 is 13.9 Å². The molecule has 10 nitrogen and oxygen atoms in total. The number of H-pyrrole nitrogens is 1. The molecule has 0 bridgehead atoms. The molecule has 0 spiro atoms. The minimum absolute atomic E-state index is 0.260. The Bertz CT molecular complexity index is 1220. The Hall–Kier alpha value is -3.23. The fraction of sp³-hybridized carbons (Fsp3) is 0.545. The summed E-state index contributed by atoms with van der Waals surface area (Å²) in [5, 5.41) is 17.6. The Labute approximate surface area is 189 Å². The number of piperidine rings is 1. The van der Waals surface area contributed by atoms with E-state index in [4.69, 9.17) is 9.47 Å². The van der Waals surface area contributed by atoms with Gasteiger partial charge in [0.2, 0.25) is 11.8 Å². The first-order chi connectivity index (χ1) is 16.0. The summed E-state index contributed by atoms with van der Waals surface area (Å²) < 4.78 is 28.0. The van der Waals surface area contributed by atoms with Gasteiger partial charge >= 0.3 is 0 Å². The topological polar surface area (TPSA) is 117 Å². The number of alkyl halides is 1. The summed E-state index contributed by atoms with van der Waals surface area (Å²) in [5.74, 6) is 0.702. The summed E-state index contributed by atoms with van der Waals surface area (Å²) in [6.07, 6.45) is 6.61. The molecule has 3 aliphatic rings. The van der Waals surface area contributed by atoms with Gasteiger partial charge in [0.15, 0.2) is 0 Å². The van der Waals surface area contributed by atoms with Gasteiger partial charge in [0.25, 0.3) is 0 Å². The number of aromatic nitrogens is 5. The van der Waals surface area contributed by atoms with E-state index >= 15 is 0 Å². The molecule has 3 aromatic heterocycles. The zero-order valence-electron chi connectivity index (χ0n) is 18.3. The number of hydrogen-bond donors (Lipinski definition) is 2. The number of rotatable bonds is 6. The van der Waals surface area contributed by atoms with Crippen LogP contribution in [0, 0.1) is 11.3 Å². The van der Waals surface area contributed by atoms with Gasteiger partial charge in [-0.25, -0.2) is 4.39 Å². The van der Waals surface area contributed by atoms with Crippen molar-refractivity contribution in [1.29, 1.82) is 5.26 Å². The molecule has 2 atom stereocenters. The predicted octanol–water partition coefficient (Wildman–Crippen LogP) is 2.68. The Morgan fingerprint density at radius 1 is 1.36 bits per heavy atom. The molecule has 6 rings (SSSR count). The lowest BCUT2D eigenvalue weighted by Gasteiger charge is -2.42. The van der Waals surface area contributed by atoms with E-state index < -0.39 is 6.17 Å². The molecule has 3 aromatic rings. The van der Waals surface area contributed by atoms with Gasteiger partial charge in [0.1, 0.15) is 23.5 Å². The zero-order chi connectivity index (χ0) is 22.6. The quantitative estimate of drug-likeness (QED) is 0.586. The molecule has 0 radical (unpaired) electrons. The Kier molecular flexibility index (Phi) is 4.74. The molecular weight excluding hydrogens is 427 g/mol. The van der Waals surface area contributed by atoms with Gasteiger partial charge in [0, 0.05) is 25.5 Å². The molecule has 1 saturated carbocycles. The van der Waals surface area contributed by atoms with Gasteiger partial charge in [-0.2, -0.15) is 20.3 Å². The van der Waals surface area contributed by atoms with Gasteiger partial charge in [-0.05, 0) is 26.2 Å². The highest BCUT2D eigenvalue weighted by molar-refractivity contribution is 5.88. The Balaban J connectivity index is 1.21. The summed E-state index contributed by atoms with van der Waals surface area (Å²) in [7, 11) is 0. The largest absolute Gasteiger partial charge is 0.471 e. The van der Waals surface area contributed by atoms with Crippen LogP contribution in [0.15, 0.2) is 18.6 Å². The summed E-state index contributed by atoms with van der Waals surface area (Å²) in [6, 6.07) is 2.19. The van der Waals surface area contributed by atoms with Crippen molar-refractivity contribution in [2.75, 3.05) is 31.6 Å². The zero-order valence-corrected chi connectivity index (χ0v) is 18.3. The van der Waals surface area contributed by atoms with Crippen LogP contribution in [0.25, 0.3) is 11.0 Å². The Morgan fingerprint density at radius 2 is 2.21 bits per heavy atom. The van der Waals surface area contributed by atoms with Crippen LogP contribution in [0.2, 0.25) is 0 Å². The molecule has 33 heavy (non-hydrogen) atoms. The van der Waals surface area contributed by atoms with E-state index in [-0.39, 0.29) is 11.6 Å². The van der Waals surface area contributed by atoms with Gasteiger partial charge in [-0.15, -0.1) is 0 Å². The Morgan fingerprint density at radius 3 is 2.91 bits per heavy atom. The van der Waals surface area contributed by atoms with Crippen LogP contribution in [0.3, 0.4) is 0 Å². The first kappa shape index (κ1) is 20.4. The molecule has 172 valence electrons. The first-order valence-corrected chi connectivity index (χ1v) is 11.3. The maximum absolute atomic E-state index is 14.9. The van der Waals surface area contributed by atoms with Crippen LogP contribution in [0.4, 0.5) is 16.0 Å². The van der Waals surface area contributed by atoms with Crippen molar-refractivity contribution >= 4 is 22.7 Å². The molecule has 0 aromatic carbocycles. The monoisotopic (exact) mass is 452 g/mol. The molecule has 11 heteroatoms. The molecule has 3 fully saturated rings. The normalized spacial score (nSPS) is 24.9. The molecular formula is C22H25FN8O2. The summed E-state index contributed by atoms with van der Waals surface area (Å²) in [6.45, 7) is 4.63. The standard InChI is InChI=1S/C22H25FN8O2/c1-22(3-4-22)33-20-18-13(6-24)7-25-19(18)28-21(29-20)27-14-8-26-31(9-14)17-2-5-30(10-16(17)23)15-11-32-12-15/h7-9,15-17H,2-5,10-12H2,1H3,(H2,25,27,28,29)/t16-,17-/m0/s1. The molecule has 2 saturated heterocycles. The second-order valence-electron chi connectivity index (χ2n) is 9.33. The van der Waals surface area contributed by atoms with E-state index in [1.807, 2.05) is 6.92 Å². The highest BCUT2D eigenvalue weighted by atomic mass is 19.1. The third-order valence-corrected chi connectivity index (χ3v) is 6.79. The molecule has 1 aliphatic carbocycles. The number of aromatic amines is 1. The number of likely N-dealkylation sites (tertiary alicyclic amines) is 1. The number of nitriles is 1. The van der Waals surface area contributed by atoms with E-state index in [1.54, 1.807) is 23.3 Å². The van der Waals surface area contributed by atoms with E-state index in [2.05, 4.69) is 36.3 Å². The highest BCUT2D eigenvalue weighted by Gasteiger charge is 2.41. The fourth-order valence-corrected chi connectivity index (χ4v) is 4.42. The van der Waals surface area contributed by atoms with E-state index in [0.29, 0.717) is 66.3 Å². The van der Waals surface area contributed by atoms with Crippen LogP contribution in [-0.2, 0) is 4.74 Å². The molecule has 2 aliphatic heterocycles. The number of nitrogens with zero attached hydrogens (tertiary/aromatic N) is 6. The van der Waals surface area contributed by atoms with Crippen molar-refractivity contribution in [3.63, 3.8) is 0 Å². The fourth-order valence-electron chi connectivity index (χ4n) is 4.42. The summed E-state index contributed by atoms with van der Waals surface area (Å²) >= 11 is 0. The maximum Gasteiger partial charge on any atom is 0.232 e. The average Bonchev–Trinajstić information content (AvgIpc) is 3.12. The predicted molar refractivity (Wildman–Crippen MR) is 117 cm³/mol. The molecule has 0 amide bonds. The molecule has 0 unspecified atom stereocenters. The van der Waals surface area contributed by atoms with E-state index in [1.165, 1.54) is 0 Å². The van der Waals surface area contributed by atoms with Crippen molar-refractivity contribution in [2.24, 2.45) is 0 Å². The smallest absolute Gasteiger partial charge is 0.232 e. The molecule has 2 N–H and O–H groups in total. The molecule has 5 heterocycles. The number of halogens is 1. The number of anilines is 2. The van der Waals surface area contributed by atoms with Crippen molar-refractivity contribution in [2.45, 2.75) is 50.0 Å². The van der Waals surface area contributed by atoms with Crippen LogP contribution in [0.5, 0.6) is 5.88 Å². The van der Waals surface area contributed by atoms with Gasteiger partial charge < -0.3 is 19.8 Å². The highest BCUT2D eigenvalue weighted by Crippen LogP contribution is 2.41. The number of fused-ring (bicyclic) bond motifs is 1. The number of ether oxygens (including phenoxy) is 2. The van der Waals surface area contributed by atoms with Gasteiger partial charge in [0.05, 0.1) is 48.1 Å². The third kappa shape index (κ3) is 3.79. The van der Waals surface area contributed by atoms with Crippen molar-refractivity contribution in [1.82, 2.24) is 29.6 Å². The van der Waals surface area contributed by atoms with E-state index in [0.717, 1.165) is 19.4 Å². The van der Waals surface area contributed by atoms with Gasteiger partial charge in [-0.3, -0.25) is 9.58 Å². The van der Waals surface area contributed by atoms with Crippen LogP contribution in [0.1, 0.15) is 37.8 Å². The lowest BCUT2D eigenvalue weighted by molar-refractivity contribution is -0.0847. The number of hydrogen-bond acceptors (Lipinski definition) is 8. The minimum atomic E-state index is -0.998. The van der Waals surface area contributed by atoms with Crippen LogP contribution >= 0.6 is 0 Å². The van der Waals surface area contributed by atoms with Gasteiger partial charge in [-0.1, -0.05) is 0 Å². The van der Waals surface area contributed by atoms with Crippen LogP contribution < -0.4 is 10.1 Å². The minimum Gasteiger partial charge on any atom is -0.471 e. The summed E-state index contributed by atoms with van der Waals surface area (Å²) in [4.78, 5) is 14.2. The average molecular weight is 452 g/mol. The summed E-state index contributed by atoms with van der Waals surface area (Å²) in [5.41, 5.74) is 1.36. The second kappa shape index (κ2) is 7.67. The lowest BCUT2D eigenvalue weighted by Crippen LogP contribution is -2.55. The SMILES string of the molecule is CC1(Oc2nc(Nc3cnn([C@H]4CCN(C5COC5)C[C@@H]4F)c3)nc3[nH]cc(C#N)c23)CC1. The maximum atomic E-state index is 14.9.